The molecule has 0 bridgehead atoms. The third kappa shape index (κ3) is 4.93. The fourth-order valence-electron chi connectivity index (χ4n) is 2.77. The SMILES string of the molecule is Nc1cccc(CC(=O)NC2CCCCCCC2)c1. The van der Waals surface area contributed by atoms with Crippen LogP contribution in [0.5, 0.6) is 0 Å². The van der Waals surface area contributed by atoms with Crippen LogP contribution < -0.4 is 11.1 Å². The lowest BCUT2D eigenvalue weighted by Crippen LogP contribution is -2.36. The normalized spacial score (nSPS) is 17.5. The number of rotatable bonds is 3. The molecule has 1 fully saturated rings. The van der Waals surface area contributed by atoms with E-state index in [1.165, 1.54) is 32.1 Å². The molecule has 0 unspecified atom stereocenters. The number of nitrogen functional groups attached to an aromatic ring is 1. The van der Waals surface area contributed by atoms with Crippen molar-refractivity contribution >= 4 is 11.6 Å². The van der Waals surface area contributed by atoms with E-state index in [2.05, 4.69) is 5.32 Å². The third-order valence-corrected chi connectivity index (χ3v) is 3.79. The van der Waals surface area contributed by atoms with E-state index in [4.69, 9.17) is 5.73 Å². The number of benzene rings is 1. The van der Waals surface area contributed by atoms with Gasteiger partial charge in [-0.3, -0.25) is 4.79 Å². The Balaban J connectivity index is 1.82. The van der Waals surface area contributed by atoms with E-state index < -0.39 is 0 Å². The van der Waals surface area contributed by atoms with Gasteiger partial charge < -0.3 is 11.1 Å². The van der Waals surface area contributed by atoms with Gasteiger partial charge in [-0.2, -0.15) is 0 Å². The monoisotopic (exact) mass is 260 g/mol. The van der Waals surface area contributed by atoms with E-state index in [1.807, 2.05) is 24.3 Å². The molecule has 0 heterocycles. The Hall–Kier alpha value is -1.51. The Bertz CT molecular complexity index is 409. The Labute approximate surface area is 115 Å². The van der Waals surface area contributed by atoms with Gasteiger partial charge in [-0.15, -0.1) is 0 Å². The minimum Gasteiger partial charge on any atom is -0.399 e. The Kier molecular flexibility index (Phi) is 5.25. The molecule has 1 saturated carbocycles. The van der Waals surface area contributed by atoms with Crippen LogP contribution in [0.2, 0.25) is 0 Å². The number of carbonyl (C=O) groups excluding carboxylic acids is 1. The number of amides is 1. The molecular formula is C16H24N2O. The van der Waals surface area contributed by atoms with Crippen molar-refractivity contribution in [1.82, 2.24) is 5.32 Å². The van der Waals surface area contributed by atoms with Crippen LogP contribution in [-0.4, -0.2) is 11.9 Å². The summed E-state index contributed by atoms with van der Waals surface area (Å²) in [5.74, 6) is 0.121. The molecule has 19 heavy (non-hydrogen) atoms. The second-order valence-electron chi connectivity index (χ2n) is 5.53. The van der Waals surface area contributed by atoms with Gasteiger partial charge >= 0.3 is 0 Å². The average Bonchev–Trinajstić information content (AvgIpc) is 2.32. The molecule has 104 valence electrons. The molecule has 3 nitrogen and oxygen atoms in total. The van der Waals surface area contributed by atoms with Gasteiger partial charge in [0.25, 0.3) is 0 Å². The number of carbonyl (C=O) groups is 1. The molecule has 1 aromatic carbocycles. The highest BCUT2D eigenvalue weighted by Crippen LogP contribution is 2.17. The molecule has 1 aliphatic rings. The minimum absolute atomic E-state index is 0.121. The first-order valence-corrected chi connectivity index (χ1v) is 7.38. The zero-order chi connectivity index (χ0) is 13.5. The molecule has 1 aliphatic carbocycles. The molecule has 0 atom stereocenters. The number of hydrogen-bond donors (Lipinski definition) is 2. The molecule has 0 aliphatic heterocycles. The molecule has 0 saturated heterocycles. The fraction of sp³-hybridized carbons (Fsp3) is 0.562. The van der Waals surface area contributed by atoms with Gasteiger partial charge in [0.05, 0.1) is 6.42 Å². The van der Waals surface area contributed by atoms with Crippen LogP contribution in [0.4, 0.5) is 5.69 Å². The quantitative estimate of drug-likeness (QED) is 0.821. The molecular weight excluding hydrogens is 236 g/mol. The van der Waals surface area contributed by atoms with Crippen LogP contribution in [0.25, 0.3) is 0 Å². The van der Waals surface area contributed by atoms with Crippen molar-refractivity contribution in [2.24, 2.45) is 0 Å². The fourth-order valence-corrected chi connectivity index (χ4v) is 2.77. The lowest BCUT2D eigenvalue weighted by molar-refractivity contribution is -0.121. The van der Waals surface area contributed by atoms with E-state index in [0.717, 1.165) is 24.1 Å². The molecule has 1 amide bonds. The van der Waals surface area contributed by atoms with Crippen LogP contribution in [0.15, 0.2) is 24.3 Å². The van der Waals surface area contributed by atoms with Crippen LogP contribution in [-0.2, 0) is 11.2 Å². The van der Waals surface area contributed by atoms with Crippen molar-refractivity contribution in [3.8, 4) is 0 Å². The second kappa shape index (κ2) is 7.17. The van der Waals surface area contributed by atoms with Crippen molar-refractivity contribution in [2.45, 2.75) is 57.4 Å². The first-order valence-electron chi connectivity index (χ1n) is 7.38. The summed E-state index contributed by atoms with van der Waals surface area (Å²) < 4.78 is 0. The van der Waals surface area contributed by atoms with E-state index in [9.17, 15) is 4.79 Å². The highest BCUT2D eigenvalue weighted by atomic mass is 16.1. The summed E-state index contributed by atoms with van der Waals surface area (Å²) in [7, 11) is 0. The van der Waals surface area contributed by atoms with Crippen molar-refractivity contribution in [3.63, 3.8) is 0 Å². The summed E-state index contributed by atoms with van der Waals surface area (Å²) in [4.78, 5) is 12.0. The average molecular weight is 260 g/mol. The summed E-state index contributed by atoms with van der Waals surface area (Å²) >= 11 is 0. The first-order chi connectivity index (χ1) is 9.24. The third-order valence-electron chi connectivity index (χ3n) is 3.79. The van der Waals surface area contributed by atoms with Crippen LogP contribution in [0.3, 0.4) is 0 Å². The van der Waals surface area contributed by atoms with Gasteiger partial charge in [0.15, 0.2) is 0 Å². The first kappa shape index (κ1) is 13.9. The summed E-state index contributed by atoms with van der Waals surface area (Å²) in [6.45, 7) is 0. The molecule has 1 aromatic rings. The Morgan fingerprint density at radius 1 is 1.16 bits per heavy atom. The summed E-state index contributed by atoms with van der Waals surface area (Å²) in [5.41, 5.74) is 7.43. The smallest absolute Gasteiger partial charge is 0.224 e. The van der Waals surface area contributed by atoms with E-state index in [0.29, 0.717) is 12.5 Å². The largest absolute Gasteiger partial charge is 0.399 e. The highest BCUT2D eigenvalue weighted by Gasteiger charge is 2.14. The summed E-state index contributed by atoms with van der Waals surface area (Å²) in [5, 5.41) is 3.17. The molecule has 2 rings (SSSR count). The number of hydrogen-bond acceptors (Lipinski definition) is 2. The Morgan fingerprint density at radius 3 is 2.53 bits per heavy atom. The molecule has 3 N–H and O–H groups in total. The predicted molar refractivity (Wildman–Crippen MR) is 78.8 cm³/mol. The lowest BCUT2D eigenvalue weighted by Gasteiger charge is -2.21. The molecule has 0 radical (unpaired) electrons. The van der Waals surface area contributed by atoms with Crippen molar-refractivity contribution in [1.29, 1.82) is 0 Å². The summed E-state index contributed by atoms with van der Waals surface area (Å²) in [6.07, 6.45) is 9.13. The second-order valence-corrected chi connectivity index (χ2v) is 5.53. The summed E-state index contributed by atoms with van der Waals surface area (Å²) in [6, 6.07) is 7.93. The van der Waals surface area contributed by atoms with Gasteiger partial charge in [0, 0.05) is 11.7 Å². The van der Waals surface area contributed by atoms with Gasteiger partial charge in [-0.1, -0.05) is 44.2 Å². The van der Waals surface area contributed by atoms with E-state index in [1.54, 1.807) is 0 Å². The van der Waals surface area contributed by atoms with Crippen molar-refractivity contribution in [3.05, 3.63) is 29.8 Å². The van der Waals surface area contributed by atoms with Crippen LogP contribution >= 0.6 is 0 Å². The van der Waals surface area contributed by atoms with Crippen molar-refractivity contribution in [2.75, 3.05) is 5.73 Å². The maximum atomic E-state index is 12.0. The zero-order valence-electron chi connectivity index (χ0n) is 11.5. The topological polar surface area (TPSA) is 55.1 Å². The van der Waals surface area contributed by atoms with Crippen molar-refractivity contribution < 1.29 is 4.79 Å². The predicted octanol–water partition coefficient (Wildman–Crippen LogP) is 3.04. The number of nitrogens with one attached hydrogen (secondary N) is 1. The van der Waals surface area contributed by atoms with E-state index in [-0.39, 0.29) is 5.91 Å². The lowest BCUT2D eigenvalue weighted by atomic mass is 9.96. The molecule has 0 spiro atoms. The minimum atomic E-state index is 0.121. The maximum absolute atomic E-state index is 12.0. The number of nitrogens with two attached hydrogens (primary N) is 1. The van der Waals surface area contributed by atoms with Gasteiger partial charge in [0.2, 0.25) is 5.91 Å². The van der Waals surface area contributed by atoms with E-state index >= 15 is 0 Å². The van der Waals surface area contributed by atoms with Crippen LogP contribution in [0.1, 0.15) is 50.5 Å². The maximum Gasteiger partial charge on any atom is 0.224 e. The van der Waals surface area contributed by atoms with Gasteiger partial charge in [0.1, 0.15) is 0 Å². The number of anilines is 1. The van der Waals surface area contributed by atoms with Crippen LogP contribution in [0, 0.1) is 0 Å². The molecule has 0 aromatic heterocycles. The van der Waals surface area contributed by atoms with Gasteiger partial charge in [-0.05, 0) is 30.5 Å². The Morgan fingerprint density at radius 2 is 1.84 bits per heavy atom. The zero-order valence-corrected chi connectivity index (χ0v) is 11.5. The van der Waals surface area contributed by atoms with Gasteiger partial charge in [-0.25, -0.2) is 0 Å². The molecule has 3 heteroatoms. The highest BCUT2D eigenvalue weighted by molar-refractivity contribution is 5.79. The standard InChI is InChI=1S/C16H24N2O/c17-14-8-6-7-13(11-14)12-16(19)18-15-9-4-2-1-3-5-10-15/h6-8,11,15H,1-5,9-10,12,17H2,(H,18,19).